The predicted molar refractivity (Wildman–Crippen MR) is 74.0 cm³/mol. The molecule has 0 aliphatic rings. The van der Waals surface area contributed by atoms with Gasteiger partial charge in [-0.15, -0.1) is 11.3 Å². The van der Waals surface area contributed by atoms with Crippen molar-refractivity contribution >= 4 is 22.1 Å². The molecule has 0 unspecified atom stereocenters. The molecule has 90 valence electrons. The van der Waals surface area contributed by atoms with Crippen LogP contribution in [0.2, 0.25) is 0 Å². The molecule has 2 aromatic heterocycles. The summed E-state index contributed by atoms with van der Waals surface area (Å²) in [6.45, 7) is 0.678. The van der Waals surface area contributed by atoms with Gasteiger partial charge in [0.15, 0.2) is 0 Å². The monoisotopic (exact) mass is 256 g/mol. The lowest BCUT2D eigenvalue weighted by atomic mass is 10.2. The summed E-state index contributed by atoms with van der Waals surface area (Å²) in [6, 6.07) is 9.66. The third kappa shape index (κ3) is 2.07. The molecule has 1 aromatic carbocycles. The highest BCUT2D eigenvalue weighted by atomic mass is 32.1. The molecule has 0 bridgehead atoms. The molecule has 3 aromatic rings. The Balaban J connectivity index is 1.93. The van der Waals surface area contributed by atoms with Crippen LogP contribution >= 0.6 is 11.3 Å². The summed E-state index contributed by atoms with van der Waals surface area (Å²) in [5.41, 5.74) is 0.0738. The van der Waals surface area contributed by atoms with Gasteiger partial charge in [0.1, 0.15) is 0 Å². The van der Waals surface area contributed by atoms with Crippen molar-refractivity contribution in [2.45, 2.75) is 13.0 Å². The van der Waals surface area contributed by atoms with Crippen molar-refractivity contribution in [3.63, 3.8) is 0 Å². The molecule has 0 fully saturated rings. The van der Waals surface area contributed by atoms with Crippen LogP contribution in [0.1, 0.15) is 5.01 Å². The number of hydrogen-bond acceptors (Lipinski definition) is 3. The number of aryl methyl sites for hydroxylation is 2. The van der Waals surface area contributed by atoms with E-state index in [4.69, 9.17) is 0 Å². The Morgan fingerprint density at radius 2 is 2.11 bits per heavy atom. The minimum Gasteiger partial charge on any atom is -0.315 e. The van der Waals surface area contributed by atoms with Crippen LogP contribution in [0.15, 0.2) is 52.9 Å². The van der Waals surface area contributed by atoms with Gasteiger partial charge in [-0.05, 0) is 17.5 Å². The molecule has 2 heterocycles. The molecule has 0 saturated carbocycles. The number of benzene rings is 1. The molecule has 0 aliphatic carbocycles. The first-order valence-corrected chi connectivity index (χ1v) is 6.69. The third-order valence-electron chi connectivity index (χ3n) is 2.94. The minimum absolute atomic E-state index is 0.0738. The van der Waals surface area contributed by atoms with Gasteiger partial charge >= 0.3 is 0 Å². The van der Waals surface area contributed by atoms with Gasteiger partial charge in [-0.2, -0.15) is 0 Å². The second-order valence-corrected chi connectivity index (χ2v) is 5.06. The number of pyridine rings is 1. The second-order valence-electron chi connectivity index (χ2n) is 4.08. The summed E-state index contributed by atoms with van der Waals surface area (Å²) in [7, 11) is 0. The maximum Gasteiger partial charge on any atom is 0.258 e. The van der Waals surface area contributed by atoms with E-state index in [2.05, 4.69) is 4.98 Å². The lowest BCUT2D eigenvalue weighted by molar-refractivity contribution is 0.673. The SMILES string of the molecule is O=c1c2ccccc2ccn1CCc1nccs1. The van der Waals surface area contributed by atoms with Crippen molar-refractivity contribution in [3.8, 4) is 0 Å². The first kappa shape index (κ1) is 11.2. The predicted octanol–water partition coefficient (Wildman–Crippen LogP) is 2.70. The summed E-state index contributed by atoms with van der Waals surface area (Å²) < 4.78 is 1.75. The van der Waals surface area contributed by atoms with E-state index in [0.717, 1.165) is 22.2 Å². The number of rotatable bonds is 3. The smallest absolute Gasteiger partial charge is 0.258 e. The van der Waals surface area contributed by atoms with Gasteiger partial charge in [-0.1, -0.05) is 18.2 Å². The molecule has 0 spiro atoms. The lowest BCUT2D eigenvalue weighted by Crippen LogP contribution is -2.20. The summed E-state index contributed by atoms with van der Waals surface area (Å²) in [4.78, 5) is 16.5. The van der Waals surface area contributed by atoms with Crippen LogP contribution in [0, 0.1) is 0 Å². The second kappa shape index (κ2) is 4.74. The van der Waals surface area contributed by atoms with Gasteiger partial charge < -0.3 is 4.57 Å². The first-order chi connectivity index (χ1) is 8.84. The van der Waals surface area contributed by atoms with Gasteiger partial charge in [-0.25, -0.2) is 4.98 Å². The minimum atomic E-state index is 0.0738. The third-order valence-corrected chi connectivity index (χ3v) is 3.78. The molecular formula is C14H12N2OS. The van der Waals surface area contributed by atoms with E-state index in [0.29, 0.717) is 6.54 Å². The zero-order chi connectivity index (χ0) is 12.4. The molecule has 0 N–H and O–H groups in total. The van der Waals surface area contributed by atoms with Crippen molar-refractivity contribution in [1.82, 2.24) is 9.55 Å². The van der Waals surface area contributed by atoms with Crippen molar-refractivity contribution in [2.24, 2.45) is 0 Å². The first-order valence-electron chi connectivity index (χ1n) is 5.81. The molecule has 4 heteroatoms. The van der Waals surface area contributed by atoms with Gasteiger partial charge in [0.05, 0.1) is 5.01 Å². The summed E-state index contributed by atoms with van der Waals surface area (Å²) in [6.07, 6.45) is 4.46. The van der Waals surface area contributed by atoms with Gasteiger partial charge in [0.2, 0.25) is 0 Å². The quantitative estimate of drug-likeness (QED) is 0.722. The van der Waals surface area contributed by atoms with Crippen molar-refractivity contribution in [1.29, 1.82) is 0 Å². The fourth-order valence-corrected chi connectivity index (χ4v) is 2.61. The van der Waals surface area contributed by atoms with E-state index in [1.807, 2.05) is 41.9 Å². The number of fused-ring (bicyclic) bond motifs is 1. The van der Waals surface area contributed by atoms with Crippen LogP contribution in [-0.2, 0) is 13.0 Å². The summed E-state index contributed by atoms with van der Waals surface area (Å²) >= 11 is 1.63. The Morgan fingerprint density at radius 3 is 2.94 bits per heavy atom. The zero-order valence-electron chi connectivity index (χ0n) is 9.74. The number of aromatic nitrogens is 2. The molecule has 0 atom stereocenters. The summed E-state index contributed by atoms with van der Waals surface area (Å²) in [5.74, 6) is 0. The Bertz CT molecular complexity index is 716. The van der Waals surface area contributed by atoms with E-state index >= 15 is 0 Å². The topological polar surface area (TPSA) is 34.9 Å². The molecule has 18 heavy (non-hydrogen) atoms. The highest BCUT2D eigenvalue weighted by molar-refractivity contribution is 7.09. The van der Waals surface area contributed by atoms with E-state index in [1.54, 1.807) is 22.1 Å². The largest absolute Gasteiger partial charge is 0.315 e. The fourth-order valence-electron chi connectivity index (χ4n) is 2.00. The summed E-state index contributed by atoms with van der Waals surface area (Å²) in [5, 5.41) is 4.79. The molecule has 0 amide bonds. The van der Waals surface area contributed by atoms with E-state index < -0.39 is 0 Å². The van der Waals surface area contributed by atoms with Gasteiger partial charge in [0, 0.05) is 36.1 Å². The average Bonchev–Trinajstić information content (AvgIpc) is 2.91. The van der Waals surface area contributed by atoms with Crippen LogP contribution in [0.3, 0.4) is 0 Å². The Labute approximate surface area is 108 Å². The Kier molecular flexibility index (Phi) is 2.94. The van der Waals surface area contributed by atoms with Crippen LogP contribution in [-0.4, -0.2) is 9.55 Å². The highest BCUT2D eigenvalue weighted by Crippen LogP contribution is 2.09. The average molecular weight is 256 g/mol. The maximum absolute atomic E-state index is 12.2. The highest BCUT2D eigenvalue weighted by Gasteiger charge is 2.03. The van der Waals surface area contributed by atoms with Gasteiger partial charge in [-0.3, -0.25) is 4.79 Å². The van der Waals surface area contributed by atoms with E-state index in [-0.39, 0.29) is 5.56 Å². The Hall–Kier alpha value is -1.94. The lowest BCUT2D eigenvalue weighted by Gasteiger charge is -2.05. The van der Waals surface area contributed by atoms with Crippen molar-refractivity contribution < 1.29 is 0 Å². The van der Waals surface area contributed by atoms with Crippen molar-refractivity contribution in [2.75, 3.05) is 0 Å². The van der Waals surface area contributed by atoms with E-state index in [1.165, 1.54) is 0 Å². The molecule has 3 nitrogen and oxygen atoms in total. The zero-order valence-corrected chi connectivity index (χ0v) is 10.6. The normalized spacial score (nSPS) is 10.9. The number of thiazole rings is 1. The molecular weight excluding hydrogens is 244 g/mol. The standard InChI is InChI=1S/C14H12N2OS/c17-14-12-4-2-1-3-11(12)5-8-16(14)9-6-13-15-7-10-18-13/h1-5,7-8,10H,6,9H2. The molecule has 0 saturated heterocycles. The van der Waals surface area contributed by atoms with Crippen LogP contribution in [0.4, 0.5) is 0 Å². The van der Waals surface area contributed by atoms with Crippen LogP contribution < -0.4 is 5.56 Å². The van der Waals surface area contributed by atoms with Gasteiger partial charge in [0.25, 0.3) is 5.56 Å². The Morgan fingerprint density at radius 1 is 1.22 bits per heavy atom. The maximum atomic E-state index is 12.2. The fraction of sp³-hybridized carbons (Fsp3) is 0.143. The van der Waals surface area contributed by atoms with Crippen LogP contribution in [0.25, 0.3) is 10.8 Å². The molecule has 0 radical (unpaired) electrons. The molecule has 0 aliphatic heterocycles. The number of hydrogen-bond donors (Lipinski definition) is 0. The van der Waals surface area contributed by atoms with Crippen LogP contribution in [0.5, 0.6) is 0 Å². The number of nitrogens with zero attached hydrogens (tertiary/aromatic N) is 2. The van der Waals surface area contributed by atoms with E-state index in [9.17, 15) is 4.79 Å². The molecule has 3 rings (SSSR count). The van der Waals surface area contributed by atoms with Crippen molar-refractivity contribution in [3.05, 3.63) is 63.5 Å².